The second kappa shape index (κ2) is 12.5. The summed E-state index contributed by atoms with van der Waals surface area (Å²) in [6.07, 6.45) is 6.41. The molecule has 25 heavy (non-hydrogen) atoms. The molecule has 2 aromatic rings. The molecule has 6 nitrogen and oxygen atoms in total. The molecule has 136 valence electrons. The monoisotopic (exact) mass is 455 g/mol. The van der Waals surface area contributed by atoms with Gasteiger partial charge < -0.3 is 15.2 Å². The van der Waals surface area contributed by atoms with Gasteiger partial charge >= 0.3 is 0 Å². The summed E-state index contributed by atoms with van der Waals surface area (Å²) in [6.45, 7) is 2.36. The van der Waals surface area contributed by atoms with Crippen LogP contribution in [0.1, 0.15) is 18.5 Å². The number of aryl methyl sites for hydroxylation is 1. The molecule has 0 spiro atoms. The summed E-state index contributed by atoms with van der Waals surface area (Å²) in [7, 11) is 1.76. The van der Waals surface area contributed by atoms with Gasteiger partial charge in [0.05, 0.1) is 0 Å². The number of nitrogens with zero attached hydrogens (tertiary/aromatic N) is 3. The van der Waals surface area contributed by atoms with Crippen molar-refractivity contribution < 1.29 is 0 Å². The van der Waals surface area contributed by atoms with E-state index in [-0.39, 0.29) is 29.5 Å². The first-order chi connectivity index (χ1) is 11.8. The zero-order valence-electron chi connectivity index (χ0n) is 14.5. The van der Waals surface area contributed by atoms with E-state index in [2.05, 4.69) is 20.6 Å². The quantitative estimate of drug-likeness (QED) is 0.277. The van der Waals surface area contributed by atoms with E-state index in [9.17, 15) is 4.79 Å². The number of hydrogen-bond donors (Lipinski definition) is 2. The van der Waals surface area contributed by atoms with Crippen LogP contribution >= 0.6 is 24.0 Å². The van der Waals surface area contributed by atoms with Crippen LogP contribution in [-0.4, -0.2) is 35.6 Å². The predicted molar refractivity (Wildman–Crippen MR) is 113 cm³/mol. The van der Waals surface area contributed by atoms with Crippen molar-refractivity contribution in [1.82, 2.24) is 20.2 Å². The van der Waals surface area contributed by atoms with E-state index in [0.29, 0.717) is 0 Å². The summed E-state index contributed by atoms with van der Waals surface area (Å²) in [5.41, 5.74) is 1.12. The summed E-state index contributed by atoms with van der Waals surface area (Å²) < 4.78 is 1.74. The number of unbranched alkanes of at least 4 members (excludes halogenated alkanes) is 1. The molecule has 0 saturated heterocycles. The first-order valence-electron chi connectivity index (χ1n) is 8.29. The number of rotatable bonds is 8. The van der Waals surface area contributed by atoms with Gasteiger partial charge in [0.25, 0.3) is 0 Å². The second-order valence-corrected chi connectivity index (χ2v) is 5.44. The van der Waals surface area contributed by atoms with Crippen LogP contribution in [-0.2, 0) is 13.0 Å². The van der Waals surface area contributed by atoms with E-state index in [0.717, 1.165) is 50.6 Å². The van der Waals surface area contributed by atoms with Crippen LogP contribution in [0.15, 0.2) is 58.6 Å². The molecule has 0 bridgehead atoms. The average molecular weight is 455 g/mol. The summed E-state index contributed by atoms with van der Waals surface area (Å²) in [4.78, 5) is 20.1. The Balaban J connectivity index is 0.00000312. The lowest BCUT2D eigenvalue weighted by atomic mass is 10.3. The number of halogens is 1. The molecule has 7 heteroatoms. The Morgan fingerprint density at radius 2 is 1.92 bits per heavy atom. The summed E-state index contributed by atoms with van der Waals surface area (Å²) in [5.74, 6) is 0.794. The maximum Gasteiger partial charge on any atom is 0.250 e. The topological polar surface area (TPSA) is 71.3 Å². The third-order valence-electron chi connectivity index (χ3n) is 3.64. The molecule has 0 fully saturated rings. The Kier molecular flexibility index (Phi) is 10.5. The highest BCUT2D eigenvalue weighted by Crippen LogP contribution is 1.94. The molecule has 2 heterocycles. The highest BCUT2D eigenvalue weighted by atomic mass is 127. The average Bonchev–Trinajstić information content (AvgIpc) is 2.62. The first-order valence-corrected chi connectivity index (χ1v) is 8.29. The smallest absolute Gasteiger partial charge is 0.250 e. The molecule has 2 rings (SSSR count). The number of aliphatic imine (C=N–C) groups is 1. The molecule has 0 atom stereocenters. The summed E-state index contributed by atoms with van der Waals surface area (Å²) in [5, 5.41) is 6.57. The summed E-state index contributed by atoms with van der Waals surface area (Å²) in [6, 6.07) is 11.2. The number of pyridine rings is 2. The maximum atomic E-state index is 11.6. The number of nitrogens with one attached hydrogen (secondary N) is 2. The fourth-order valence-electron chi connectivity index (χ4n) is 2.33. The predicted octanol–water partition coefficient (Wildman–Crippen LogP) is 2.05. The van der Waals surface area contributed by atoms with Crippen molar-refractivity contribution in [3.63, 3.8) is 0 Å². The molecule has 0 unspecified atom stereocenters. The molecule has 2 N–H and O–H groups in total. The van der Waals surface area contributed by atoms with Crippen LogP contribution in [0.25, 0.3) is 0 Å². The van der Waals surface area contributed by atoms with Gasteiger partial charge in [-0.2, -0.15) is 0 Å². The van der Waals surface area contributed by atoms with Gasteiger partial charge in [-0.1, -0.05) is 12.1 Å². The Hall–Kier alpha value is -1.90. The number of aromatic nitrogens is 2. The molecular formula is C18H26IN5O. The minimum absolute atomic E-state index is 0. The number of guanidine groups is 1. The lowest BCUT2D eigenvalue weighted by molar-refractivity contribution is 0.585. The van der Waals surface area contributed by atoms with Crippen molar-refractivity contribution in [2.75, 3.05) is 20.1 Å². The zero-order valence-corrected chi connectivity index (χ0v) is 16.8. The molecule has 0 amide bonds. The van der Waals surface area contributed by atoms with Crippen LogP contribution < -0.4 is 16.2 Å². The molecule has 0 aliphatic carbocycles. The largest absolute Gasteiger partial charge is 0.356 e. The van der Waals surface area contributed by atoms with Gasteiger partial charge in [-0.15, -0.1) is 24.0 Å². The molecule has 0 aromatic carbocycles. The van der Waals surface area contributed by atoms with Crippen LogP contribution in [0.4, 0.5) is 0 Å². The van der Waals surface area contributed by atoms with Crippen LogP contribution in [0.5, 0.6) is 0 Å². The highest BCUT2D eigenvalue weighted by Gasteiger charge is 1.99. The van der Waals surface area contributed by atoms with Gasteiger partial charge in [0, 0.05) is 57.3 Å². The van der Waals surface area contributed by atoms with Crippen molar-refractivity contribution in [2.45, 2.75) is 25.8 Å². The van der Waals surface area contributed by atoms with Gasteiger partial charge in [-0.05, 0) is 31.0 Å². The molecule has 0 radical (unpaired) electrons. The summed E-state index contributed by atoms with van der Waals surface area (Å²) >= 11 is 0. The number of hydrogen-bond acceptors (Lipinski definition) is 3. The highest BCUT2D eigenvalue weighted by molar-refractivity contribution is 14.0. The van der Waals surface area contributed by atoms with Gasteiger partial charge in [0.1, 0.15) is 0 Å². The Bertz CT molecular complexity index is 687. The van der Waals surface area contributed by atoms with Crippen LogP contribution in [0.2, 0.25) is 0 Å². The van der Waals surface area contributed by atoms with E-state index in [4.69, 9.17) is 0 Å². The molecule has 0 saturated carbocycles. The molecular weight excluding hydrogens is 429 g/mol. The molecule has 2 aromatic heterocycles. The van der Waals surface area contributed by atoms with E-state index >= 15 is 0 Å². The fraction of sp³-hybridized carbons (Fsp3) is 0.389. The van der Waals surface area contributed by atoms with Gasteiger partial charge in [-0.3, -0.25) is 14.8 Å². The molecule has 0 aliphatic heterocycles. The van der Waals surface area contributed by atoms with E-state index in [1.54, 1.807) is 29.9 Å². The van der Waals surface area contributed by atoms with Crippen LogP contribution in [0, 0.1) is 0 Å². The van der Waals surface area contributed by atoms with Crippen molar-refractivity contribution in [1.29, 1.82) is 0 Å². The van der Waals surface area contributed by atoms with E-state index in [1.165, 1.54) is 0 Å². The third kappa shape index (κ3) is 8.15. The second-order valence-electron chi connectivity index (χ2n) is 5.44. The first kappa shape index (κ1) is 21.1. The van der Waals surface area contributed by atoms with Crippen molar-refractivity contribution in [3.05, 3.63) is 64.8 Å². The SMILES string of the molecule is CN=C(NCCCCn1ccccc1=O)NCCc1ccccn1.I. The lowest BCUT2D eigenvalue weighted by Gasteiger charge is -2.12. The van der Waals surface area contributed by atoms with Crippen LogP contribution in [0.3, 0.4) is 0 Å². The third-order valence-corrected chi connectivity index (χ3v) is 3.64. The Morgan fingerprint density at radius 1 is 1.12 bits per heavy atom. The Labute approximate surface area is 165 Å². The van der Waals surface area contributed by atoms with E-state index in [1.807, 2.05) is 30.5 Å². The lowest BCUT2D eigenvalue weighted by Crippen LogP contribution is -2.38. The van der Waals surface area contributed by atoms with Crippen molar-refractivity contribution >= 4 is 29.9 Å². The minimum atomic E-state index is 0. The van der Waals surface area contributed by atoms with Gasteiger partial charge in [0.2, 0.25) is 5.56 Å². The normalized spacial score (nSPS) is 10.8. The van der Waals surface area contributed by atoms with Gasteiger partial charge in [-0.25, -0.2) is 0 Å². The minimum Gasteiger partial charge on any atom is -0.356 e. The molecule has 0 aliphatic rings. The standard InChI is InChI=1S/C18H25N5O.HI/c1-19-18(22-13-10-16-8-2-4-11-20-16)21-12-5-7-15-23-14-6-3-9-17(23)24;/h2-4,6,8-9,11,14H,5,7,10,12-13,15H2,1H3,(H2,19,21,22);1H. The maximum absolute atomic E-state index is 11.6. The zero-order chi connectivity index (χ0) is 17.0. The van der Waals surface area contributed by atoms with Crippen molar-refractivity contribution in [2.24, 2.45) is 4.99 Å². The fourth-order valence-corrected chi connectivity index (χ4v) is 2.33. The van der Waals surface area contributed by atoms with E-state index < -0.39 is 0 Å². The Morgan fingerprint density at radius 3 is 2.64 bits per heavy atom. The van der Waals surface area contributed by atoms with Gasteiger partial charge in [0.15, 0.2) is 5.96 Å². The van der Waals surface area contributed by atoms with Crippen molar-refractivity contribution in [3.8, 4) is 0 Å².